The number of hydrogen-bond acceptors (Lipinski definition) is 5. The van der Waals surface area contributed by atoms with Gasteiger partial charge in [-0.1, -0.05) is 0 Å². The van der Waals surface area contributed by atoms with Gasteiger partial charge in [-0.2, -0.15) is 0 Å². The molecule has 0 aliphatic heterocycles. The van der Waals surface area contributed by atoms with Crippen molar-refractivity contribution in [1.82, 2.24) is 4.90 Å². The molecule has 0 aliphatic carbocycles. The van der Waals surface area contributed by atoms with Gasteiger partial charge >= 0.3 is 0 Å². The second-order valence-corrected chi connectivity index (χ2v) is 5.27. The van der Waals surface area contributed by atoms with E-state index < -0.39 is 10.5 Å². The lowest BCUT2D eigenvalue weighted by Gasteiger charge is -2.28. The fourth-order valence-corrected chi connectivity index (χ4v) is 1.93. The first-order valence-corrected chi connectivity index (χ1v) is 6.53. The number of nitrogens with zero attached hydrogens (tertiary/aromatic N) is 2. The van der Waals surface area contributed by atoms with E-state index in [2.05, 4.69) is 0 Å². The molecule has 0 saturated carbocycles. The first-order valence-electron chi connectivity index (χ1n) is 6.53. The SMILES string of the molecule is CCN(CC(C)(C)O)C(=O)c1ccc([N+](=O)[O-])cc1OC. The summed E-state index contributed by atoms with van der Waals surface area (Å²) in [6.45, 7) is 5.57. The number of aliphatic hydroxyl groups is 1. The Morgan fingerprint density at radius 3 is 2.52 bits per heavy atom. The fourth-order valence-electron chi connectivity index (χ4n) is 1.93. The van der Waals surface area contributed by atoms with E-state index in [-0.39, 0.29) is 29.5 Å². The molecule has 116 valence electrons. The Kier molecular flexibility index (Phi) is 5.26. The molecule has 0 aromatic heterocycles. The molecule has 0 aliphatic rings. The maximum Gasteiger partial charge on any atom is 0.273 e. The second-order valence-electron chi connectivity index (χ2n) is 5.27. The molecular formula is C14H20N2O5. The van der Waals surface area contributed by atoms with E-state index in [1.54, 1.807) is 20.8 Å². The van der Waals surface area contributed by atoms with Gasteiger partial charge in [0, 0.05) is 19.2 Å². The molecule has 1 aromatic carbocycles. The zero-order valence-electron chi connectivity index (χ0n) is 12.6. The Morgan fingerprint density at radius 2 is 2.10 bits per heavy atom. The zero-order valence-corrected chi connectivity index (χ0v) is 12.6. The number of carbonyl (C=O) groups is 1. The fraction of sp³-hybridized carbons (Fsp3) is 0.500. The summed E-state index contributed by atoms with van der Waals surface area (Å²) in [6, 6.07) is 3.84. The minimum absolute atomic E-state index is 0.142. The van der Waals surface area contributed by atoms with Gasteiger partial charge in [-0.05, 0) is 26.8 Å². The van der Waals surface area contributed by atoms with Crippen LogP contribution in [0.15, 0.2) is 18.2 Å². The molecule has 7 heteroatoms. The molecule has 7 nitrogen and oxygen atoms in total. The lowest BCUT2D eigenvalue weighted by Crippen LogP contribution is -2.42. The molecule has 0 spiro atoms. The van der Waals surface area contributed by atoms with Gasteiger partial charge in [0.2, 0.25) is 0 Å². The van der Waals surface area contributed by atoms with E-state index in [0.29, 0.717) is 6.54 Å². The summed E-state index contributed by atoms with van der Waals surface area (Å²) in [7, 11) is 1.35. The van der Waals surface area contributed by atoms with E-state index in [9.17, 15) is 20.0 Å². The Balaban J connectivity index is 3.13. The molecule has 0 unspecified atom stereocenters. The van der Waals surface area contributed by atoms with Gasteiger partial charge < -0.3 is 14.7 Å². The third-order valence-corrected chi connectivity index (χ3v) is 2.87. The van der Waals surface area contributed by atoms with Gasteiger partial charge in [-0.15, -0.1) is 0 Å². The molecule has 0 saturated heterocycles. The standard InChI is InChI=1S/C14H20N2O5/c1-5-15(9-14(2,3)18)13(17)11-7-6-10(16(19)20)8-12(11)21-4/h6-8,18H,5,9H2,1-4H3. The first-order chi connectivity index (χ1) is 9.69. The molecule has 1 aromatic rings. The van der Waals surface area contributed by atoms with Gasteiger partial charge in [0.25, 0.3) is 11.6 Å². The van der Waals surface area contributed by atoms with Crippen molar-refractivity contribution in [1.29, 1.82) is 0 Å². The van der Waals surface area contributed by atoms with Crippen LogP contribution in [0.2, 0.25) is 0 Å². The van der Waals surface area contributed by atoms with Crippen LogP contribution in [0, 0.1) is 10.1 Å². The van der Waals surface area contributed by atoms with E-state index in [4.69, 9.17) is 4.74 Å². The number of carbonyl (C=O) groups excluding carboxylic acids is 1. The molecule has 1 amide bonds. The van der Waals surface area contributed by atoms with Crippen LogP contribution in [-0.2, 0) is 0 Å². The Labute approximate surface area is 123 Å². The molecule has 0 atom stereocenters. The summed E-state index contributed by atoms with van der Waals surface area (Å²) >= 11 is 0. The van der Waals surface area contributed by atoms with Crippen LogP contribution in [0.5, 0.6) is 5.75 Å². The summed E-state index contributed by atoms with van der Waals surface area (Å²) in [6.07, 6.45) is 0. The van der Waals surface area contributed by atoms with Gasteiger partial charge in [-0.25, -0.2) is 0 Å². The maximum absolute atomic E-state index is 12.5. The van der Waals surface area contributed by atoms with Crippen molar-refractivity contribution < 1.29 is 19.6 Å². The molecular weight excluding hydrogens is 276 g/mol. The number of methoxy groups -OCH3 is 1. The van der Waals surface area contributed by atoms with Gasteiger partial charge in [0.05, 0.1) is 29.3 Å². The number of nitro benzene ring substituents is 1. The quantitative estimate of drug-likeness (QED) is 0.638. The van der Waals surface area contributed by atoms with Crippen molar-refractivity contribution in [2.75, 3.05) is 20.2 Å². The molecule has 0 heterocycles. The van der Waals surface area contributed by atoms with Gasteiger partial charge in [0.15, 0.2) is 0 Å². The molecule has 0 radical (unpaired) electrons. The average molecular weight is 296 g/mol. The second kappa shape index (κ2) is 6.53. The molecule has 0 bridgehead atoms. The third-order valence-electron chi connectivity index (χ3n) is 2.87. The highest BCUT2D eigenvalue weighted by molar-refractivity contribution is 5.97. The van der Waals surface area contributed by atoms with Crippen LogP contribution in [0.1, 0.15) is 31.1 Å². The van der Waals surface area contributed by atoms with Crippen molar-refractivity contribution in [3.05, 3.63) is 33.9 Å². The zero-order chi connectivity index (χ0) is 16.2. The van der Waals surface area contributed by atoms with Crippen LogP contribution in [0.3, 0.4) is 0 Å². The molecule has 1 N–H and O–H groups in total. The topological polar surface area (TPSA) is 92.9 Å². The number of likely N-dealkylation sites (N-methyl/N-ethyl adjacent to an activating group) is 1. The van der Waals surface area contributed by atoms with Crippen LogP contribution in [0.25, 0.3) is 0 Å². The summed E-state index contributed by atoms with van der Waals surface area (Å²) in [5.74, 6) is -0.199. The predicted molar refractivity (Wildman–Crippen MR) is 77.5 cm³/mol. The number of benzene rings is 1. The minimum Gasteiger partial charge on any atom is -0.496 e. The predicted octanol–water partition coefficient (Wildman–Crippen LogP) is 1.84. The van der Waals surface area contributed by atoms with E-state index in [0.717, 1.165) is 0 Å². The lowest BCUT2D eigenvalue weighted by atomic mass is 10.1. The van der Waals surface area contributed by atoms with Gasteiger partial charge in [0.1, 0.15) is 5.75 Å². The number of rotatable bonds is 6. The number of amides is 1. The number of ether oxygens (including phenoxy) is 1. The highest BCUT2D eigenvalue weighted by atomic mass is 16.6. The Morgan fingerprint density at radius 1 is 1.48 bits per heavy atom. The third kappa shape index (κ3) is 4.42. The molecule has 0 fully saturated rings. The summed E-state index contributed by atoms with van der Waals surface area (Å²) in [5.41, 5.74) is -0.942. The number of non-ortho nitro benzene ring substituents is 1. The largest absolute Gasteiger partial charge is 0.496 e. The highest BCUT2D eigenvalue weighted by Crippen LogP contribution is 2.26. The van der Waals surface area contributed by atoms with Crippen LogP contribution in [0.4, 0.5) is 5.69 Å². The van der Waals surface area contributed by atoms with Crippen molar-refractivity contribution in [3.8, 4) is 5.75 Å². The maximum atomic E-state index is 12.5. The van der Waals surface area contributed by atoms with Gasteiger partial charge in [-0.3, -0.25) is 14.9 Å². The summed E-state index contributed by atoms with van der Waals surface area (Å²) in [4.78, 5) is 24.1. The Bertz CT molecular complexity index is 537. The van der Waals surface area contributed by atoms with Crippen molar-refractivity contribution in [3.63, 3.8) is 0 Å². The normalized spacial score (nSPS) is 11.1. The number of hydrogen-bond donors (Lipinski definition) is 1. The lowest BCUT2D eigenvalue weighted by molar-refractivity contribution is -0.384. The van der Waals surface area contributed by atoms with E-state index in [1.165, 1.54) is 30.2 Å². The minimum atomic E-state index is -1.03. The number of nitro groups is 1. The smallest absolute Gasteiger partial charge is 0.273 e. The van der Waals surface area contributed by atoms with Crippen LogP contribution in [-0.4, -0.2) is 46.6 Å². The van der Waals surface area contributed by atoms with Crippen molar-refractivity contribution in [2.24, 2.45) is 0 Å². The van der Waals surface area contributed by atoms with Crippen LogP contribution >= 0.6 is 0 Å². The summed E-state index contributed by atoms with van der Waals surface area (Å²) in [5, 5.41) is 20.6. The average Bonchev–Trinajstić information content (AvgIpc) is 2.42. The Hall–Kier alpha value is -2.15. The highest BCUT2D eigenvalue weighted by Gasteiger charge is 2.25. The molecule has 21 heavy (non-hydrogen) atoms. The molecule has 1 rings (SSSR count). The van der Waals surface area contributed by atoms with E-state index in [1.807, 2.05) is 0 Å². The van der Waals surface area contributed by atoms with Crippen LogP contribution < -0.4 is 4.74 Å². The monoisotopic (exact) mass is 296 g/mol. The summed E-state index contributed by atoms with van der Waals surface area (Å²) < 4.78 is 5.07. The van der Waals surface area contributed by atoms with Crippen molar-refractivity contribution >= 4 is 11.6 Å². The first kappa shape index (κ1) is 16.9. The van der Waals surface area contributed by atoms with E-state index >= 15 is 0 Å². The van der Waals surface area contributed by atoms with Crippen molar-refractivity contribution in [2.45, 2.75) is 26.4 Å².